The fourth-order valence-corrected chi connectivity index (χ4v) is 9.27. The Morgan fingerprint density at radius 1 is 0.545 bits per heavy atom. The van der Waals surface area contributed by atoms with Gasteiger partial charge in [0.2, 0.25) is 0 Å². The van der Waals surface area contributed by atoms with E-state index in [9.17, 15) is 10.2 Å². The summed E-state index contributed by atoms with van der Waals surface area (Å²) >= 11 is 0. The lowest BCUT2D eigenvalue weighted by atomic mass is 9.62. The van der Waals surface area contributed by atoms with Gasteiger partial charge in [0, 0.05) is 33.5 Å². The van der Waals surface area contributed by atoms with Gasteiger partial charge in [0.05, 0.1) is 0 Å². The van der Waals surface area contributed by atoms with E-state index in [0.29, 0.717) is 11.8 Å². The zero-order valence-electron chi connectivity index (χ0n) is 25.7. The smallest absolute Gasteiger partial charge is 0.108 e. The molecule has 5 aliphatic rings. The van der Waals surface area contributed by atoms with E-state index < -0.39 is 24.0 Å². The Morgan fingerprint density at radius 3 is 1.36 bits per heavy atom. The van der Waals surface area contributed by atoms with Gasteiger partial charge < -0.3 is 31.5 Å². The zero-order valence-corrected chi connectivity index (χ0v) is 25.7. The highest BCUT2D eigenvalue weighted by atomic mass is 16.3. The minimum absolute atomic E-state index is 0.231. The highest BCUT2D eigenvalue weighted by Crippen LogP contribution is 2.55. The molecule has 4 N–H and O–H groups in total. The molecule has 6 nitrogen and oxygen atoms in total. The Bertz CT molecular complexity index is 1650. The maximum Gasteiger partial charge on any atom is 0.108 e. The van der Waals surface area contributed by atoms with E-state index >= 15 is 0 Å². The standard InChI is InChI=1S/C38H42N4O2/c1-21-13-17-37(18-14-21)39-27-7-3-5-23-9-11-25(33(41-37)29(23)27)31-35(43)32(36(31)44)26-12-10-24-6-4-8-28-30(24)34(26)42-38(40-28)19-15-22(2)16-20-38/h3-12,21-22,31-32,35-36,39-42H,13-20H2,1-2H3/q-2. The molecule has 2 spiro atoms. The maximum atomic E-state index is 14.4. The fourth-order valence-electron chi connectivity index (χ4n) is 9.27. The van der Waals surface area contributed by atoms with E-state index in [2.05, 4.69) is 95.8 Å². The van der Waals surface area contributed by atoms with Gasteiger partial charge in [0.1, 0.15) is 11.3 Å². The second-order valence-corrected chi connectivity index (χ2v) is 14.9. The Kier molecular flexibility index (Phi) is 5.81. The van der Waals surface area contributed by atoms with Crippen molar-refractivity contribution >= 4 is 44.3 Å². The maximum absolute atomic E-state index is 14.4. The summed E-state index contributed by atoms with van der Waals surface area (Å²) in [6.07, 6.45) is 6.71. The molecule has 0 amide bonds. The van der Waals surface area contributed by atoms with E-state index in [-0.39, 0.29) is 11.3 Å². The van der Waals surface area contributed by atoms with Crippen LogP contribution >= 0.6 is 0 Å². The molecule has 3 saturated carbocycles. The molecule has 44 heavy (non-hydrogen) atoms. The summed E-state index contributed by atoms with van der Waals surface area (Å²) < 4.78 is 0. The number of hydrogen-bond acceptors (Lipinski definition) is 6. The third-order valence-corrected chi connectivity index (χ3v) is 12.0. The van der Waals surface area contributed by atoms with Crippen LogP contribution in [0.1, 0.15) is 88.2 Å². The molecular weight excluding hydrogens is 544 g/mol. The molecule has 2 aliphatic heterocycles. The van der Waals surface area contributed by atoms with Crippen LogP contribution in [0.5, 0.6) is 0 Å². The zero-order chi connectivity index (χ0) is 29.8. The summed E-state index contributed by atoms with van der Waals surface area (Å²) in [5, 5.41) is 48.8. The molecule has 0 aromatic heterocycles. The van der Waals surface area contributed by atoms with Crippen LogP contribution in [0.3, 0.4) is 0 Å². The van der Waals surface area contributed by atoms with Gasteiger partial charge in [-0.1, -0.05) is 62.4 Å². The van der Waals surface area contributed by atoms with E-state index in [1.54, 1.807) is 0 Å². The van der Waals surface area contributed by atoms with E-state index in [1.165, 1.54) is 0 Å². The van der Waals surface area contributed by atoms with Crippen LogP contribution in [0.15, 0.2) is 60.7 Å². The van der Waals surface area contributed by atoms with Crippen molar-refractivity contribution in [2.45, 2.75) is 101 Å². The van der Waals surface area contributed by atoms with Gasteiger partial charge in [-0.25, -0.2) is 0 Å². The van der Waals surface area contributed by atoms with Crippen LogP contribution < -0.4 is 31.5 Å². The van der Waals surface area contributed by atoms with Crippen LogP contribution in [-0.4, -0.2) is 23.5 Å². The summed E-state index contributed by atoms with van der Waals surface area (Å²) in [6.45, 7) is 4.66. The average molecular weight is 587 g/mol. The third kappa shape index (κ3) is 3.86. The minimum atomic E-state index is -1.00. The van der Waals surface area contributed by atoms with Crippen molar-refractivity contribution in [2.75, 3.05) is 21.3 Å². The summed E-state index contributed by atoms with van der Waals surface area (Å²) in [7, 11) is 0. The van der Waals surface area contributed by atoms with Gasteiger partial charge in [-0.15, -0.1) is 12.2 Å². The van der Waals surface area contributed by atoms with Crippen molar-refractivity contribution in [3.05, 3.63) is 71.8 Å². The minimum Gasteiger partial charge on any atom is -0.851 e. The second kappa shape index (κ2) is 9.51. The highest BCUT2D eigenvalue weighted by molar-refractivity contribution is 6.08. The lowest BCUT2D eigenvalue weighted by molar-refractivity contribution is -0.535. The Labute approximate surface area is 259 Å². The van der Waals surface area contributed by atoms with Crippen LogP contribution in [0, 0.1) is 11.8 Å². The molecule has 0 radical (unpaired) electrons. The predicted octanol–water partition coefficient (Wildman–Crippen LogP) is 6.82. The Hall–Kier alpha value is -3.48. The molecule has 3 aliphatic carbocycles. The molecular formula is C38H42N4O2-2. The van der Waals surface area contributed by atoms with Gasteiger partial charge >= 0.3 is 0 Å². The monoisotopic (exact) mass is 586 g/mol. The van der Waals surface area contributed by atoms with E-state index in [0.717, 1.165) is 107 Å². The summed E-state index contributed by atoms with van der Waals surface area (Å²) in [5.41, 5.74) is 5.60. The predicted molar refractivity (Wildman–Crippen MR) is 176 cm³/mol. The first-order valence-corrected chi connectivity index (χ1v) is 16.9. The first kappa shape index (κ1) is 26.9. The molecule has 0 bridgehead atoms. The number of anilines is 4. The summed E-state index contributed by atoms with van der Waals surface area (Å²) in [4.78, 5) is 0. The number of hydrogen-bond donors (Lipinski definition) is 4. The lowest BCUT2D eigenvalue weighted by Crippen LogP contribution is -2.64. The van der Waals surface area contributed by atoms with E-state index in [1.807, 2.05) is 0 Å². The number of nitrogens with one attached hydrogen (secondary N) is 4. The van der Waals surface area contributed by atoms with Gasteiger partial charge in [0.25, 0.3) is 0 Å². The molecule has 4 aromatic carbocycles. The molecule has 0 unspecified atom stereocenters. The Balaban J connectivity index is 1.10. The largest absolute Gasteiger partial charge is 0.851 e. The summed E-state index contributed by atoms with van der Waals surface area (Å²) in [5.74, 6) is 0.262. The number of rotatable bonds is 2. The van der Waals surface area contributed by atoms with Crippen molar-refractivity contribution in [1.29, 1.82) is 0 Å². The first-order valence-electron chi connectivity index (χ1n) is 16.9. The molecule has 228 valence electrons. The third-order valence-electron chi connectivity index (χ3n) is 12.0. The van der Waals surface area contributed by atoms with Crippen molar-refractivity contribution in [3.63, 3.8) is 0 Å². The van der Waals surface area contributed by atoms with Crippen molar-refractivity contribution in [1.82, 2.24) is 0 Å². The van der Waals surface area contributed by atoms with Gasteiger partial charge in [-0.2, -0.15) is 0 Å². The quantitative estimate of drug-likeness (QED) is 0.206. The molecule has 2 heterocycles. The van der Waals surface area contributed by atoms with Gasteiger partial charge in [-0.3, -0.25) is 0 Å². The SMILES string of the molecule is CC1CCC2(CC1)Nc1cccc3ccc(C4C([O-])C(c5ccc6cccc7c6c5NC5(CCC(C)CC5)N7)C4[O-])c(c13)N2. The molecule has 6 heteroatoms. The molecule has 9 rings (SSSR count). The van der Waals surface area contributed by atoms with Gasteiger partial charge in [-0.05, 0) is 109 Å². The molecule has 0 atom stereocenters. The van der Waals surface area contributed by atoms with Crippen molar-refractivity contribution < 1.29 is 10.2 Å². The van der Waals surface area contributed by atoms with Crippen LogP contribution in [-0.2, 0) is 0 Å². The van der Waals surface area contributed by atoms with Crippen LogP contribution in [0.2, 0.25) is 0 Å². The van der Waals surface area contributed by atoms with Crippen molar-refractivity contribution in [3.8, 4) is 0 Å². The number of benzene rings is 4. The lowest BCUT2D eigenvalue weighted by Gasteiger charge is -2.63. The van der Waals surface area contributed by atoms with Crippen molar-refractivity contribution in [2.24, 2.45) is 11.8 Å². The highest BCUT2D eigenvalue weighted by Gasteiger charge is 2.45. The van der Waals surface area contributed by atoms with Gasteiger partial charge in [0.15, 0.2) is 0 Å². The fraction of sp³-hybridized carbons (Fsp3) is 0.474. The Morgan fingerprint density at radius 2 is 0.955 bits per heavy atom. The molecule has 0 saturated heterocycles. The summed E-state index contributed by atoms with van der Waals surface area (Å²) in [6, 6.07) is 21.1. The molecule has 3 fully saturated rings. The van der Waals surface area contributed by atoms with Crippen LogP contribution in [0.4, 0.5) is 22.7 Å². The average Bonchev–Trinajstić information content (AvgIpc) is 3.03. The normalized spacial score (nSPS) is 35.5. The van der Waals surface area contributed by atoms with Crippen LogP contribution in [0.25, 0.3) is 21.5 Å². The first-order chi connectivity index (χ1) is 21.3. The second-order valence-electron chi connectivity index (χ2n) is 14.9. The van der Waals surface area contributed by atoms with E-state index in [4.69, 9.17) is 0 Å². The molecule has 4 aromatic rings. The topological polar surface area (TPSA) is 94.2 Å².